The Balaban J connectivity index is 3.62. The summed E-state index contributed by atoms with van der Waals surface area (Å²) >= 11 is 0. The molecule has 0 heterocycles. The van der Waals surface area contributed by atoms with Crippen LogP contribution < -0.4 is 0 Å². The van der Waals surface area contributed by atoms with Gasteiger partial charge in [-0.2, -0.15) is 10.2 Å². The normalized spacial score (nSPS) is 16.8. The van der Waals surface area contributed by atoms with Gasteiger partial charge in [-0.25, -0.2) is 0 Å². The molecular formula is C9H18O6. The van der Waals surface area contributed by atoms with Gasteiger partial charge in [0.15, 0.2) is 0 Å². The molecule has 2 radical (unpaired) electrons. The standard InChI is InChI=1S/C9H18O6/c1-6(15-5-9(3,12)13)4-14-7(2)8(10)11/h6-8,10,12H,4-5H2,1-3H3. The van der Waals surface area contributed by atoms with Crippen LogP contribution in [0.25, 0.3) is 0 Å². The van der Waals surface area contributed by atoms with E-state index in [0.29, 0.717) is 0 Å². The van der Waals surface area contributed by atoms with Crippen LogP contribution in [0.3, 0.4) is 0 Å². The van der Waals surface area contributed by atoms with Crippen molar-refractivity contribution in [3.63, 3.8) is 0 Å². The lowest BCUT2D eigenvalue weighted by molar-refractivity contribution is -0.235. The summed E-state index contributed by atoms with van der Waals surface area (Å²) in [5.41, 5.74) is 0. The van der Waals surface area contributed by atoms with Gasteiger partial charge in [0.1, 0.15) is 12.7 Å². The van der Waals surface area contributed by atoms with Crippen molar-refractivity contribution in [3.05, 3.63) is 0 Å². The molecule has 0 aliphatic rings. The smallest absolute Gasteiger partial charge is 0.220 e. The van der Waals surface area contributed by atoms with Gasteiger partial charge in [0, 0.05) is 0 Å². The molecule has 0 aliphatic carbocycles. The quantitative estimate of drug-likeness (QED) is 0.577. The van der Waals surface area contributed by atoms with Crippen LogP contribution in [-0.4, -0.2) is 47.7 Å². The van der Waals surface area contributed by atoms with Crippen molar-refractivity contribution in [2.75, 3.05) is 13.2 Å². The second-order valence-electron chi connectivity index (χ2n) is 3.73. The predicted molar refractivity (Wildman–Crippen MR) is 48.8 cm³/mol. The van der Waals surface area contributed by atoms with Crippen LogP contribution in [0.4, 0.5) is 0 Å². The Morgan fingerprint density at radius 1 is 1.33 bits per heavy atom. The monoisotopic (exact) mass is 222 g/mol. The zero-order valence-corrected chi connectivity index (χ0v) is 9.17. The molecule has 6 heteroatoms. The maximum Gasteiger partial charge on any atom is 0.220 e. The zero-order chi connectivity index (χ0) is 12.1. The Morgan fingerprint density at radius 2 is 1.87 bits per heavy atom. The molecule has 4 unspecified atom stereocenters. The molecule has 0 aromatic rings. The van der Waals surface area contributed by atoms with Crippen molar-refractivity contribution in [1.82, 2.24) is 0 Å². The highest BCUT2D eigenvalue weighted by atomic mass is 16.6. The minimum absolute atomic E-state index is 0.0799. The van der Waals surface area contributed by atoms with Crippen molar-refractivity contribution >= 4 is 0 Å². The molecule has 90 valence electrons. The van der Waals surface area contributed by atoms with Gasteiger partial charge in [-0.05, 0) is 20.8 Å². The molecule has 4 atom stereocenters. The summed E-state index contributed by atoms with van der Waals surface area (Å²) in [5, 5.41) is 38.6. The minimum Gasteiger partial charge on any atom is -0.370 e. The second kappa shape index (κ2) is 6.37. The Bertz CT molecular complexity index is 164. The fourth-order valence-corrected chi connectivity index (χ4v) is 0.715. The lowest BCUT2D eigenvalue weighted by Crippen LogP contribution is -2.33. The number of aliphatic hydroxyl groups is 2. The summed E-state index contributed by atoms with van der Waals surface area (Å²) in [4.78, 5) is 0. The molecule has 0 rings (SSSR count). The molecule has 0 spiro atoms. The van der Waals surface area contributed by atoms with E-state index in [-0.39, 0.29) is 13.2 Å². The first-order valence-electron chi connectivity index (χ1n) is 4.72. The van der Waals surface area contributed by atoms with Crippen molar-refractivity contribution in [2.24, 2.45) is 0 Å². The van der Waals surface area contributed by atoms with E-state index < -0.39 is 24.3 Å². The van der Waals surface area contributed by atoms with E-state index in [1.54, 1.807) is 6.92 Å². The molecule has 0 aromatic carbocycles. The van der Waals surface area contributed by atoms with Crippen LogP contribution in [0.5, 0.6) is 0 Å². The van der Waals surface area contributed by atoms with Crippen LogP contribution in [0, 0.1) is 0 Å². The van der Waals surface area contributed by atoms with Crippen LogP contribution in [0.1, 0.15) is 20.8 Å². The van der Waals surface area contributed by atoms with E-state index in [1.807, 2.05) is 0 Å². The molecule has 0 aromatic heterocycles. The van der Waals surface area contributed by atoms with Crippen LogP contribution in [-0.2, 0) is 19.7 Å². The predicted octanol–water partition coefficient (Wildman–Crippen LogP) is -0.316. The first kappa shape index (κ1) is 14.8. The summed E-state index contributed by atoms with van der Waals surface area (Å²) in [6.07, 6.45) is -3.05. The number of hydrogen-bond acceptors (Lipinski definition) is 4. The van der Waals surface area contributed by atoms with Gasteiger partial charge in [0.05, 0.1) is 12.7 Å². The minimum atomic E-state index is -2.13. The fourth-order valence-electron chi connectivity index (χ4n) is 0.715. The Morgan fingerprint density at radius 3 is 2.27 bits per heavy atom. The molecule has 0 fully saturated rings. The molecule has 0 saturated carbocycles. The van der Waals surface area contributed by atoms with Crippen molar-refractivity contribution < 1.29 is 29.9 Å². The molecule has 0 saturated heterocycles. The highest BCUT2D eigenvalue weighted by Gasteiger charge is 2.20. The highest BCUT2D eigenvalue weighted by Crippen LogP contribution is 2.04. The maximum atomic E-state index is 10.8. The number of rotatable bonds is 7. The van der Waals surface area contributed by atoms with Crippen LogP contribution in [0.2, 0.25) is 0 Å². The zero-order valence-electron chi connectivity index (χ0n) is 9.17. The van der Waals surface area contributed by atoms with Crippen molar-refractivity contribution in [3.8, 4) is 0 Å². The summed E-state index contributed by atoms with van der Waals surface area (Å²) < 4.78 is 9.92. The van der Waals surface area contributed by atoms with E-state index in [4.69, 9.17) is 19.7 Å². The van der Waals surface area contributed by atoms with Gasteiger partial charge in [-0.15, -0.1) is 0 Å². The van der Waals surface area contributed by atoms with Gasteiger partial charge >= 0.3 is 0 Å². The average Bonchev–Trinajstić information content (AvgIpc) is 2.09. The summed E-state index contributed by atoms with van der Waals surface area (Å²) in [6, 6.07) is 0. The van der Waals surface area contributed by atoms with Gasteiger partial charge in [0.25, 0.3) is 0 Å². The molecule has 0 bridgehead atoms. The first-order chi connectivity index (χ1) is 6.72. The topological polar surface area (TPSA) is 98.7 Å². The number of hydrogen-bond donors (Lipinski definition) is 2. The third kappa shape index (κ3) is 8.73. The van der Waals surface area contributed by atoms with Crippen LogP contribution in [0.15, 0.2) is 0 Å². The largest absolute Gasteiger partial charge is 0.370 e. The second-order valence-corrected chi connectivity index (χ2v) is 3.73. The number of ether oxygens (including phenoxy) is 2. The summed E-state index contributed by atoms with van der Waals surface area (Å²) in [5.74, 6) is -2.13. The maximum absolute atomic E-state index is 10.8. The van der Waals surface area contributed by atoms with Crippen LogP contribution >= 0.6 is 0 Å². The van der Waals surface area contributed by atoms with Crippen molar-refractivity contribution in [2.45, 2.75) is 45.1 Å². The van der Waals surface area contributed by atoms with E-state index in [9.17, 15) is 10.2 Å². The Labute approximate surface area is 89.1 Å². The molecule has 0 aliphatic heterocycles. The van der Waals surface area contributed by atoms with E-state index >= 15 is 0 Å². The summed E-state index contributed by atoms with van der Waals surface area (Å²) in [6.45, 7) is 3.89. The molecule has 0 amide bonds. The van der Waals surface area contributed by atoms with Crippen molar-refractivity contribution in [1.29, 1.82) is 0 Å². The lowest BCUT2D eigenvalue weighted by Gasteiger charge is -2.20. The van der Waals surface area contributed by atoms with E-state index in [0.717, 1.165) is 6.92 Å². The third-order valence-corrected chi connectivity index (χ3v) is 1.63. The number of aliphatic hydroxyl groups excluding tert-OH is 1. The van der Waals surface area contributed by atoms with Gasteiger partial charge in [-0.1, -0.05) is 0 Å². The first-order valence-corrected chi connectivity index (χ1v) is 4.72. The van der Waals surface area contributed by atoms with Gasteiger partial charge < -0.3 is 19.7 Å². The molecule has 6 nitrogen and oxygen atoms in total. The lowest BCUT2D eigenvalue weighted by atomic mass is 10.3. The van der Waals surface area contributed by atoms with E-state index in [2.05, 4.69) is 0 Å². The Hall–Kier alpha value is -0.240. The van der Waals surface area contributed by atoms with E-state index in [1.165, 1.54) is 6.92 Å². The van der Waals surface area contributed by atoms with Gasteiger partial charge in [-0.3, -0.25) is 0 Å². The molecular weight excluding hydrogens is 204 g/mol. The van der Waals surface area contributed by atoms with Gasteiger partial charge in [0.2, 0.25) is 12.1 Å². The molecule has 15 heavy (non-hydrogen) atoms. The molecule has 2 N–H and O–H groups in total. The fraction of sp³-hybridized carbons (Fsp3) is 1.00. The third-order valence-electron chi connectivity index (χ3n) is 1.63. The average molecular weight is 222 g/mol. The highest BCUT2D eigenvalue weighted by molar-refractivity contribution is 4.57. The Kier molecular flexibility index (Phi) is 6.26. The summed E-state index contributed by atoms with van der Waals surface area (Å²) in [7, 11) is 0. The SMILES string of the molecule is CC(COC(C)C([O])O)OCC(C)([O])O.